The van der Waals surface area contributed by atoms with Gasteiger partial charge in [0, 0.05) is 54.9 Å². The second-order valence-corrected chi connectivity index (χ2v) is 11.8. The van der Waals surface area contributed by atoms with Crippen molar-refractivity contribution in [3.05, 3.63) is 92.7 Å². The van der Waals surface area contributed by atoms with Crippen LogP contribution in [0.1, 0.15) is 64.2 Å². The van der Waals surface area contributed by atoms with Crippen LogP contribution in [0.5, 0.6) is 0 Å². The van der Waals surface area contributed by atoms with Crippen molar-refractivity contribution < 1.29 is 23.5 Å². The number of thiazole rings is 1. The van der Waals surface area contributed by atoms with Crippen LogP contribution in [0.4, 0.5) is 8.78 Å². The lowest BCUT2D eigenvalue weighted by Gasteiger charge is -2.25. The second-order valence-electron chi connectivity index (χ2n) is 10.5. The summed E-state index contributed by atoms with van der Waals surface area (Å²) in [6.07, 6.45) is 2.28. The molecule has 0 radical (unpaired) electrons. The lowest BCUT2D eigenvalue weighted by atomic mass is 9.99. The van der Waals surface area contributed by atoms with Gasteiger partial charge in [-0.25, -0.2) is 13.8 Å². The van der Waals surface area contributed by atoms with Gasteiger partial charge in [0.25, 0.3) is 11.8 Å². The predicted octanol–water partition coefficient (Wildman–Crippen LogP) is 5.39. The van der Waals surface area contributed by atoms with Gasteiger partial charge in [0.2, 0.25) is 0 Å². The normalized spacial score (nSPS) is 12.8. The van der Waals surface area contributed by atoms with Crippen molar-refractivity contribution in [2.45, 2.75) is 58.7 Å². The van der Waals surface area contributed by atoms with Gasteiger partial charge in [-0.05, 0) is 67.6 Å². The summed E-state index contributed by atoms with van der Waals surface area (Å²) < 4.78 is 29.8. The van der Waals surface area contributed by atoms with E-state index in [0.29, 0.717) is 30.4 Å². The molecule has 0 saturated carbocycles. The van der Waals surface area contributed by atoms with Gasteiger partial charge in [-0.15, -0.1) is 11.3 Å². The van der Waals surface area contributed by atoms with Crippen LogP contribution in [-0.4, -0.2) is 63.0 Å². The Balaban J connectivity index is 1.53. The average molecular weight is 632 g/mol. The van der Waals surface area contributed by atoms with Crippen molar-refractivity contribution in [3.8, 4) is 0 Å². The number of nitrogens with zero attached hydrogens (tertiary/aromatic N) is 3. The van der Waals surface area contributed by atoms with E-state index in [1.807, 2.05) is 29.8 Å². The quantitative estimate of drug-likeness (QED) is 0.173. The Morgan fingerprint density at radius 2 is 1.74 bits per heavy atom. The highest BCUT2D eigenvalue weighted by molar-refractivity contribution is 7.15. The molecule has 0 fully saturated rings. The van der Waals surface area contributed by atoms with Crippen molar-refractivity contribution in [1.82, 2.24) is 24.9 Å². The topological polar surface area (TPSA) is 99.0 Å². The second kappa shape index (κ2) is 14.9. The fraction of sp³-hybridized carbons (Fsp3) is 0.387. The summed E-state index contributed by atoms with van der Waals surface area (Å²) in [5.41, 5.74) is 2.37. The summed E-state index contributed by atoms with van der Waals surface area (Å²) >= 11 is 7.72. The van der Waals surface area contributed by atoms with Crippen LogP contribution in [0.3, 0.4) is 0 Å². The van der Waals surface area contributed by atoms with E-state index in [-0.39, 0.29) is 30.0 Å². The molecule has 2 aromatic heterocycles. The molecule has 43 heavy (non-hydrogen) atoms. The lowest BCUT2D eigenvalue weighted by Crippen LogP contribution is -2.48. The third-order valence-corrected chi connectivity index (χ3v) is 8.04. The van der Waals surface area contributed by atoms with Gasteiger partial charge in [0.05, 0.1) is 17.8 Å². The summed E-state index contributed by atoms with van der Waals surface area (Å²) in [5, 5.41) is 19.4. The van der Waals surface area contributed by atoms with Gasteiger partial charge in [-0.1, -0.05) is 25.4 Å². The number of halogens is 3. The molecule has 8 nitrogen and oxygen atoms in total. The summed E-state index contributed by atoms with van der Waals surface area (Å²) in [7, 11) is 0. The van der Waals surface area contributed by atoms with Crippen molar-refractivity contribution in [3.63, 3.8) is 0 Å². The Kier molecular flexibility index (Phi) is 11.3. The number of carbonyl (C=O) groups excluding carboxylic acids is 2. The first-order chi connectivity index (χ1) is 20.6. The van der Waals surface area contributed by atoms with E-state index >= 15 is 0 Å². The number of hydrogen-bond acceptors (Lipinski definition) is 6. The van der Waals surface area contributed by atoms with Gasteiger partial charge in [-0.3, -0.25) is 14.0 Å². The number of carbonyl (C=O) groups is 2. The molecule has 0 aliphatic rings. The van der Waals surface area contributed by atoms with E-state index in [1.165, 1.54) is 23.5 Å². The first-order valence-electron chi connectivity index (χ1n) is 14.2. The van der Waals surface area contributed by atoms with Gasteiger partial charge in [0.1, 0.15) is 11.6 Å². The minimum atomic E-state index is -1.14. The molecule has 0 aliphatic heterocycles. The fourth-order valence-electron chi connectivity index (χ4n) is 5.04. The largest absolute Gasteiger partial charge is 0.390 e. The third-order valence-electron chi connectivity index (χ3n) is 6.98. The number of imidazole rings is 1. The SMILES string of the molecule is CCCN(CCC)C(=O)c1cc(C)cc(C(=O)N[C@@H](Cc2cc(F)cc(F)c2)[C@H](O)CNCc2c(Cl)nc3sccn23)c1. The number of fused-ring (bicyclic) bond motifs is 1. The molecule has 0 unspecified atom stereocenters. The number of benzene rings is 2. The number of rotatable bonds is 14. The highest BCUT2D eigenvalue weighted by atomic mass is 35.5. The predicted molar refractivity (Wildman–Crippen MR) is 165 cm³/mol. The Morgan fingerprint density at radius 1 is 1.07 bits per heavy atom. The van der Waals surface area contributed by atoms with E-state index < -0.39 is 29.7 Å². The monoisotopic (exact) mass is 631 g/mol. The van der Waals surface area contributed by atoms with Crippen LogP contribution < -0.4 is 10.6 Å². The van der Waals surface area contributed by atoms with E-state index in [2.05, 4.69) is 15.6 Å². The Bertz CT molecular complexity index is 1550. The number of nitrogens with one attached hydrogen (secondary N) is 2. The Morgan fingerprint density at radius 3 is 2.42 bits per heavy atom. The molecule has 12 heteroatoms. The fourth-order valence-corrected chi connectivity index (χ4v) is 6.06. The van der Waals surface area contributed by atoms with Crippen LogP contribution in [0.25, 0.3) is 4.96 Å². The molecule has 0 aliphatic carbocycles. The molecule has 0 spiro atoms. The highest BCUT2D eigenvalue weighted by Gasteiger charge is 2.25. The van der Waals surface area contributed by atoms with E-state index in [1.54, 1.807) is 30.0 Å². The summed E-state index contributed by atoms with van der Waals surface area (Å²) in [5.74, 6) is -2.19. The number of aromatic nitrogens is 2. The van der Waals surface area contributed by atoms with E-state index in [0.717, 1.165) is 35.1 Å². The van der Waals surface area contributed by atoms with Crippen molar-refractivity contribution in [1.29, 1.82) is 0 Å². The van der Waals surface area contributed by atoms with Crippen LogP contribution in [0.2, 0.25) is 5.15 Å². The molecule has 2 atom stereocenters. The van der Waals surface area contributed by atoms with Crippen molar-refractivity contribution in [2.75, 3.05) is 19.6 Å². The van der Waals surface area contributed by atoms with Crippen LogP contribution >= 0.6 is 22.9 Å². The summed E-state index contributed by atoms with van der Waals surface area (Å²) in [4.78, 5) is 33.6. The molecular weight excluding hydrogens is 596 g/mol. The zero-order chi connectivity index (χ0) is 31.1. The maximum Gasteiger partial charge on any atom is 0.253 e. The molecular formula is C31H36ClF2N5O3S. The molecule has 230 valence electrons. The third kappa shape index (κ3) is 8.38. The summed E-state index contributed by atoms with van der Waals surface area (Å²) in [6, 6.07) is 7.13. The number of aliphatic hydroxyl groups excluding tert-OH is 1. The number of aliphatic hydroxyl groups is 1. The first-order valence-corrected chi connectivity index (χ1v) is 15.5. The zero-order valence-corrected chi connectivity index (χ0v) is 25.9. The number of amides is 2. The maximum absolute atomic E-state index is 14.0. The smallest absolute Gasteiger partial charge is 0.253 e. The minimum absolute atomic E-state index is 0.0378. The average Bonchev–Trinajstić information content (AvgIpc) is 3.52. The molecule has 2 aromatic carbocycles. The minimum Gasteiger partial charge on any atom is -0.390 e. The molecule has 2 amide bonds. The number of aryl methyl sites for hydroxylation is 1. The van der Waals surface area contributed by atoms with Gasteiger partial charge in [-0.2, -0.15) is 0 Å². The van der Waals surface area contributed by atoms with Gasteiger partial charge in [0.15, 0.2) is 10.1 Å². The Hall–Kier alpha value is -3.38. The molecule has 3 N–H and O–H groups in total. The van der Waals surface area contributed by atoms with E-state index in [4.69, 9.17) is 11.6 Å². The standard InChI is InChI=1S/C31H36ClF2N5O3S/c1-4-6-38(7-5-2)30(42)22-11-19(3)10-21(15-22)29(41)36-25(14-20-12-23(33)16-24(34)13-20)27(40)18-35-17-26-28(32)37-31-39(26)8-9-43-31/h8-13,15-16,25,27,35,40H,4-7,14,17-18H2,1-3H3,(H,36,41)/t25-,27+/m0/s1. The molecule has 2 heterocycles. The van der Waals surface area contributed by atoms with Crippen LogP contribution in [0.15, 0.2) is 48.0 Å². The molecule has 0 saturated heterocycles. The lowest BCUT2D eigenvalue weighted by molar-refractivity contribution is 0.0755. The zero-order valence-electron chi connectivity index (χ0n) is 24.4. The van der Waals surface area contributed by atoms with Crippen molar-refractivity contribution in [2.24, 2.45) is 0 Å². The van der Waals surface area contributed by atoms with E-state index in [9.17, 15) is 23.5 Å². The summed E-state index contributed by atoms with van der Waals surface area (Å²) in [6.45, 7) is 7.35. The van der Waals surface area contributed by atoms with Crippen LogP contribution in [0, 0.1) is 18.6 Å². The molecule has 4 aromatic rings. The first kappa shape index (κ1) is 32.5. The van der Waals surface area contributed by atoms with Gasteiger partial charge < -0.3 is 20.6 Å². The number of hydrogen-bond donors (Lipinski definition) is 3. The highest BCUT2D eigenvalue weighted by Crippen LogP contribution is 2.21. The molecule has 0 bridgehead atoms. The van der Waals surface area contributed by atoms with Crippen molar-refractivity contribution >= 4 is 39.7 Å². The molecule has 4 rings (SSSR count). The van der Waals surface area contributed by atoms with Gasteiger partial charge >= 0.3 is 0 Å². The van der Waals surface area contributed by atoms with Crippen LogP contribution in [-0.2, 0) is 13.0 Å². The maximum atomic E-state index is 14.0. The Labute approximate surface area is 258 Å².